The van der Waals surface area contributed by atoms with Crippen LogP contribution in [0, 0.1) is 6.39 Å². The maximum atomic E-state index is 5.26. The fraction of sp³-hybridized carbons (Fsp3) is 0.133. The first kappa shape index (κ1) is 10.8. The maximum Gasteiger partial charge on any atom is 0.284 e. The summed E-state index contributed by atoms with van der Waals surface area (Å²) in [6, 6.07) is 14.2. The molecule has 0 spiro atoms. The summed E-state index contributed by atoms with van der Waals surface area (Å²) in [5.41, 5.74) is 4.96. The average Bonchev–Trinajstić information content (AvgIpc) is 2.86. The molecule has 0 aliphatic heterocycles. The van der Waals surface area contributed by atoms with Gasteiger partial charge < -0.3 is 9.32 Å². The van der Waals surface area contributed by atoms with E-state index in [1.165, 1.54) is 0 Å². The Morgan fingerprint density at radius 3 is 2.56 bits per heavy atom. The first-order valence-corrected chi connectivity index (χ1v) is 5.79. The van der Waals surface area contributed by atoms with E-state index in [1.54, 1.807) is 0 Å². The quantitative estimate of drug-likeness (QED) is 0.684. The molecular weight excluding hydrogens is 224 g/mol. The molecule has 1 heterocycles. The number of anilines is 1. The Labute approximate surface area is 106 Å². The van der Waals surface area contributed by atoms with Crippen molar-refractivity contribution in [1.82, 2.24) is 4.98 Å². The molecule has 3 aromatic rings. The minimum Gasteiger partial charge on any atom is -0.432 e. The van der Waals surface area contributed by atoms with Crippen LogP contribution in [0.1, 0.15) is 0 Å². The van der Waals surface area contributed by atoms with Crippen LogP contribution in [-0.2, 0) is 0 Å². The standard InChI is InChI=1S/C15H13N2O/c1-17(2)12-8-9-13-15(16-10-18-13)14(12)11-6-4-3-5-7-11/h3-9H,1-2H3. The molecule has 0 atom stereocenters. The number of benzene rings is 2. The van der Waals surface area contributed by atoms with E-state index < -0.39 is 0 Å². The maximum absolute atomic E-state index is 5.26. The van der Waals surface area contributed by atoms with Crippen LogP contribution in [-0.4, -0.2) is 19.1 Å². The van der Waals surface area contributed by atoms with E-state index in [4.69, 9.17) is 4.42 Å². The SMILES string of the molecule is CN(C)c1ccc2o[c]nc2c1-c1ccccc1. The van der Waals surface area contributed by atoms with Gasteiger partial charge in [0, 0.05) is 25.3 Å². The molecule has 0 saturated carbocycles. The summed E-state index contributed by atoms with van der Waals surface area (Å²) in [7, 11) is 4.05. The second kappa shape index (κ2) is 4.18. The molecule has 1 aromatic heterocycles. The number of nitrogens with zero attached hydrogens (tertiary/aromatic N) is 2. The highest BCUT2D eigenvalue weighted by molar-refractivity contribution is 5.98. The number of aromatic nitrogens is 1. The number of oxazole rings is 1. The summed E-state index contributed by atoms with van der Waals surface area (Å²) in [5, 5.41) is 0. The van der Waals surface area contributed by atoms with Gasteiger partial charge in [0.25, 0.3) is 6.39 Å². The van der Waals surface area contributed by atoms with Crippen LogP contribution in [0.2, 0.25) is 0 Å². The Balaban J connectivity index is 2.36. The van der Waals surface area contributed by atoms with Crippen molar-refractivity contribution in [3.63, 3.8) is 0 Å². The van der Waals surface area contributed by atoms with Crippen LogP contribution >= 0.6 is 0 Å². The molecule has 0 fully saturated rings. The normalized spacial score (nSPS) is 10.8. The van der Waals surface area contributed by atoms with Gasteiger partial charge in [-0.2, -0.15) is 0 Å². The molecule has 3 nitrogen and oxygen atoms in total. The third kappa shape index (κ3) is 1.64. The Morgan fingerprint density at radius 2 is 1.83 bits per heavy atom. The van der Waals surface area contributed by atoms with Crippen LogP contribution in [0.3, 0.4) is 0 Å². The minimum absolute atomic E-state index is 0.763. The lowest BCUT2D eigenvalue weighted by atomic mass is 10.0. The van der Waals surface area contributed by atoms with E-state index in [1.807, 2.05) is 44.4 Å². The number of fused-ring (bicyclic) bond motifs is 1. The van der Waals surface area contributed by atoms with E-state index >= 15 is 0 Å². The van der Waals surface area contributed by atoms with Crippen molar-refractivity contribution < 1.29 is 4.42 Å². The monoisotopic (exact) mass is 237 g/mol. The van der Waals surface area contributed by atoms with Gasteiger partial charge in [-0.15, -0.1) is 0 Å². The molecule has 1 radical (unpaired) electrons. The lowest BCUT2D eigenvalue weighted by Gasteiger charge is -2.17. The second-order valence-corrected chi connectivity index (χ2v) is 4.37. The van der Waals surface area contributed by atoms with Gasteiger partial charge in [-0.1, -0.05) is 30.3 Å². The molecule has 0 saturated heterocycles. The Hall–Kier alpha value is -2.29. The first-order valence-electron chi connectivity index (χ1n) is 5.79. The van der Waals surface area contributed by atoms with Crippen molar-refractivity contribution in [2.24, 2.45) is 0 Å². The first-order chi connectivity index (χ1) is 8.77. The summed E-state index contributed by atoms with van der Waals surface area (Å²) in [6.07, 6.45) is 2.57. The summed E-state index contributed by atoms with van der Waals surface area (Å²) in [5.74, 6) is 0. The third-order valence-corrected chi connectivity index (χ3v) is 2.98. The molecule has 0 bridgehead atoms. The predicted octanol–water partition coefficient (Wildman–Crippen LogP) is 3.36. The third-order valence-electron chi connectivity index (χ3n) is 2.98. The van der Waals surface area contributed by atoms with E-state index in [2.05, 4.69) is 28.4 Å². The van der Waals surface area contributed by atoms with Gasteiger partial charge >= 0.3 is 0 Å². The van der Waals surface area contributed by atoms with E-state index in [9.17, 15) is 0 Å². The smallest absolute Gasteiger partial charge is 0.284 e. The van der Waals surface area contributed by atoms with Crippen LogP contribution in [0.15, 0.2) is 46.9 Å². The van der Waals surface area contributed by atoms with Crippen LogP contribution < -0.4 is 4.90 Å². The Morgan fingerprint density at radius 1 is 1.06 bits per heavy atom. The van der Waals surface area contributed by atoms with E-state index in [0.717, 1.165) is 27.9 Å². The van der Waals surface area contributed by atoms with Gasteiger partial charge in [-0.3, -0.25) is 0 Å². The fourth-order valence-electron chi connectivity index (χ4n) is 2.13. The zero-order chi connectivity index (χ0) is 12.5. The summed E-state index contributed by atoms with van der Waals surface area (Å²) >= 11 is 0. The highest BCUT2D eigenvalue weighted by atomic mass is 16.3. The van der Waals surface area contributed by atoms with E-state index in [0.29, 0.717) is 0 Å². The van der Waals surface area contributed by atoms with Gasteiger partial charge in [0.2, 0.25) is 0 Å². The topological polar surface area (TPSA) is 29.3 Å². The largest absolute Gasteiger partial charge is 0.432 e. The lowest BCUT2D eigenvalue weighted by Crippen LogP contribution is -2.10. The average molecular weight is 237 g/mol. The van der Waals surface area contributed by atoms with Gasteiger partial charge in [-0.05, 0) is 17.7 Å². The lowest BCUT2D eigenvalue weighted by molar-refractivity contribution is 0.591. The van der Waals surface area contributed by atoms with E-state index in [-0.39, 0.29) is 0 Å². The number of hydrogen-bond acceptors (Lipinski definition) is 3. The molecule has 0 N–H and O–H groups in total. The second-order valence-electron chi connectivity index (χ2n) is 4.37. The van der Waals surface area contributed by atoms with Crippen molar-refractivity contribution in [2.45, 2.75) is 0 Å². The van der Waals surface area contributed by atoms with Gasteiger partial charge in [-0.25, -0.2) is 4.98 Å². The molecule has 0 unspecified atom stereocenters. The molecular formula is C15H13N2O. The van der Waals surface area contributed by atoms with Crippen LogP contribution in [0.25, 0.3) is 22.2 Å². The fourth-order valence-corrected chi connectivity index (χ4v) is 2.13. The molecule has 3 rings (SSSR count). The molecule has 0 aliphatic rings. The summed E-state index contributed by atoms with van der Waals surface area (Å²) < 4.78 is 5.26. The van der Waals surface area contributed by atoms with Crippen LogP contribution in [0.5, 0.6) is 0 Å². The minimum atomic E-state index is 0.763. The molecule has 0 amide bonds. The van der Waals surface area contributed by atoms with Crippen LogP contribution in [0.4, 0.5) is 5.69 Å². The van der Waals surface area contributed by atoms with Gasteiger partial charge in [0.05, 0.1) is 0 Å². The van der Waals surface area contributed by atoms with Crippen molar-refractivity contribution >= 4 is 16.8 Å². The van der Waals surface area contributed by atoms with Crippen molar-refractivity contribution in [3.8, 4) is 11.1 Å². The summed E-state index contributed by atoms with van der Waals surface area (Å²) in [6.45, 7) is 0. The zero-order valence-corrected chi connectivity index (χ0v) is 10.3. The molecule has 18 heavy (non-hydrogen) atoms. The highest BCUT2D eigenvalue weighted by Gasteiger charge is 2.14. The Bertz CT molecular complexity index is 671. The molecule has 0 aliphatic carbocycles. The number of hydrogen-bond donors (Lipinski definition) is 0. The van der Waals surface area contributed by atoms with Gasteiger partial charge in [0.15, 0.2) is 5.58 Å². The van der Waals surface area contributed by atoms with Crippen molar-refractivity contribution in [1.29, 1.82) is 0 Å². The zero-order valence-electron chi connectivity index (χ0n) is 10.3. The molecule has 89 valence electrons. The number of rotatable bonds is 2. The van der Waals surface area contributed by atoms with Gasteiger partial charge in [0.1, 0.15) is 5.52 Å². The molecule has 2 aromatic carbocycles. The Kier molecular flexibility index (Phi) is 2.52. The highest BCUT2D eigenvalue weighted by Crippen LogP contribution is 2.35. The predicted molar refractivity (Wildman–Crippen MR) is 72.6 cm³/mol. The van der Waals surface area contributed by atoms with Crippen molar-refractivity contribution in [2.75, 3.05) is 19.0 Å². The summed E-state index contributed by atoms with van der Waals surface area (Å²) in [4.78, 5) is 6.30. The molecule has 3 heteroatoms. The van der Waals surface area contributed by atoms with Crippen molar-refractivity contribution in [3.05, 3.63) is 48.9 Å².